The maximum absolute atomic E-state index is 14.2. The number of likely N-dealkylation sites (tertiary alicyclic amines) is 1. The van der Waals surface area contributed by atoms with Gasteiger partial charge in [-0.15, -0.1) is 0 Å². The van der Waals surface area contributed by atoms with Crippen LogP contribution < -0.4 is 88.1 Å². The predicted molar refractivity (Wildman–Crippen MR) is 561 cm³/mol. The Balaban J connectivity index is 0.000000175. The van der Waals surface area contributed by atoms with Crippen molar-refractivity contribution in [3.8, 4) is 23.1 Å². The standard InChI is InChI=1S/C23H25FN6O.C22H21F2N5O3.C22H22FN5O3.C20H19N5O.C19H21FN4O3/c1-16-7-4-8-17(13-16)27-22-20(24)15-25-23(29-22)28-19-10-5-9-18(14-19)26-21(31)11-6-12-30(2)3;1-3-20(30)26-14-5-4-6-15(11-14)27-21-18(24)13-25-22(29-21)28-16-7-8-19(17(23)12-16)32-10-9-31-2;1-3-20(29)25-16-5-4-6-17(13-16)26-21-19(23)14-24-22(28-21)27-15-7-9-18(10-8-15)31-12-11-30-2;1-3-18(26)22-16-10-7-11-17(12-16)23-19-14(2)13-21-20(25-19)24-15-8-5-4-6-9-15;1-3-17(25)24-9-5-8-15(12-24)27-18-16(20)11-21-19(23-18)22-13-6-4-7-14(10-13)26-2/h4-11,13-15H,12H2,1-3H3,(H,26,31)(H2,25,27,28,29);3-8,11-13H,1,9-10H2,2H3,(H,26,30)(H2,25,27,28,29);3-10,13-14H,1,11-12H2,2H3,(H,25,29)(H2,24,26,27,28);3-13H,1H2,2H3,(H,22,26)(H2,21,23,24,25);3-4,6-7,10-11,15H,1,5,8-9,12H2,2H3,(H,21,22,23)/b11-6+;;;;/t;;;;15-/m....1/s1. The Bertz CT molecular complexity index is 6870. The van der Waals surface area contributed by atoms with Gasteiger partial charge >= 0.3 is 0 Å². The van der Waals surface area contributed by atoms with E-state index in [1.807, 2.05) is 130 Å². The van der Waals surface area contributed by atoms with E-state index in [0.717, 1.165) is 65.5 Å². The summed E-state index contributed by atoms with van der Waals surface area (Å²) in [5.41, 5.74) is 10.2. The van der Waals surface area contributed by atoms with Crippen molar-refractivity contribution in [1.82, 2.24) is 59.6 Å². The van der Waals surface area contributed by atoms with E-state index < -0.39 is 29.1 Å². The molecule has 41 heteroatoms. The van der Waals surface area contributed by atoms with E-state index >= 15 is 0 Å². The van der Waals surface area contributed by atoms with Gasteiger partial charge in [0.1, 0.15) is 36.6 Å². The molecule has 0 bridgehead atoms. The molecule has 0 radical (unpaired) electrons. The topological polar surface area (TPSA) is 432 Å². The molecule has 1 fully saturated rings. The van der Waals surface area contributed by atoms with Crippen molar-refractivity contribution < 1.29 is 74.3 Å². The van der Waals surface area contributed by atoms with Crippen LogP contribution in [0.4, 0.5) is 149 Å². The summed E-state index contributed by atoms with van der Waals surface area (Å²) in [5, 5.41) is 37.8. The van der Waals surface area contributed by atoms with Crippen molar-refractivity contribution in [1.29, 1.82) is 0 Å². The number of ether oxygens (including phenoxy) is 6. The van der Waals surface area contributed by atoms with Gasteiger partial charge in [-0.3, -0.25) is 24.0 Å². The maximum Gasteiger partial charge on any atom is 0.255 e. The van der Waals surface area contributed by atoms with E-state index in [9.17, 15) is 45.9 Å². The molecule has 1 aliphatic rings. The minimum absolute atomic E-state index is 0.00998. The largest absolute Gasteiger partial charge is 0.497 e. The Hall–Kier alpha value is -18.6. The highest BCUT2D eigenvalue weighted by Gasteiger charge is 2.26. The Labute approximate surface area is 845 Å². The van der Waals surface area contributed by atoms with Gasteiger partial charge in [0, 0.05) is 131 Å². The third-order valence-electron chi connectivity index (χ3n) is 20.0. The van der Waals surface area contributed by atoms with Gasteiger partial charge in [-0.2, -0.15) is 29.3 Å². The van der Waals surface area contributed by atoms with Gasteiger partial charge in [0.15, 0.2) is 46.5 Å². The number of methoxy groups -OCH3 is 3. The highest BCUT2D eigenvalue weighted by atomic mass is 19.1. The van der Waals surface area contributed by atoms with Crippen LogP contribution in [0.2, 0.25) is 0 Å². The molecule has 1 saturated heterocycles. The lowest BCUT2D eigenvalue weighted by molar-refractivity contribution is -0.128. The van der Waals surface area contributed by atoms with Gasteiger partial charge in [-0.05, 0) is 216 Å². The van der Waals surface area contributed by atoms with E-state index in [4.69, 9.17) is 28.4 Å². The molecule has 1 aliphatic heterocycles. The molecule has 13 N–H and O–H groups in total. The third-order valence-corrected chi connectivity index (χ3v) is 20.0. The van der Waals surface area contributed by atoms with E-state index in [1.165, 1.54) is 43.5 Å². The number of likely N-dealkylation sites (N-methyl/N-ethyl adjacent to an activating group) is 1. The number of piperidine rings is 1. The molecular formula is C106H108F5N25O11. The molecule has 758 valence electrons. The molecule has 1 atom stereocenters. The van der Waals surface area contributed by atoms with Crippen molar-refractivity contribution in [2.45, 2.75) is 32.8 Å². The molecule has 5 aromatic heterocycles. The number of hydrogen-bond donors (Lipinski definition) is 13. The van der Waals surface area contributed by atoms with E-state index in [2.05, 4.69) is 145 Å². The summed E-state index contributed by atoms with van der Waals surface area (Å²) in [7, 11) is 8.56. The maximum atomic E-state index is 14.2. The lowest BCUT2D eigenvalue weighted by Gasteiger charge is -2.32. The second kappa shape index (κ2) is 56.7. The smallest absolute Gasteiger partial charge is 0.255 e. The number of benzene rings is 9. The number of nitrogens with one attached hydrogen (secondary N) is 13. The SMILES string of the molecule is C=CC(=O)N1CCC[C@@H](Oc2nc(Nc3cccc(OC)c3)ncc2F)C1.C=CC(=O)Nc1cccc(Nc2nc(Nc3ccc(OCCOC)c(F)c3)ncc2F)c1.C=CC(=O)Nc1cccc(Nc2nc(Nc3ccc(OCCOC)cc3)ncc2F)c1.C=CC(=O)Nc1cccc(Nc2nc(Nc3ccccc3)ncc2C)c1.Cc1cccc(Nc2nc(Nc3cccc(NC(=O)/C=C/CN(C)C)c3)ncc2F)c1. The van der Waals surface area contributed by atoms with Crippen LogP contribution >= 0.6 is 0 Å². The van der Waals surface area contributed by atoms with Gasteiger partial charge in [-0.25, -0.2) is 42.5 Å². The Morgan fingerprint density at radius 1 is 0.388 bits per heavy atom. The fourth-order valence-corrected chi connectivity index (χ4v) is 13.0. The van der Waals surface area contributed by atoms with E-state index in [-0.39, 0.29) is 95.1 Å². The Morgan fingerprint density at radius 3 is 1.25 bits per heavy atom. The summed E-state index contributed by atoms with van der Waals surface area (Å²) in [4.78, 5) is 103. The Morgan fingerprint density at radius 2 is 0.782 bits per heavy atom. The predicted octanol–water partition coefficient (Wildman–Crippen LogP) is 20.4. The first-order valence-electron chi connectivity index (χ1n) is 45.3. The number of rotatable bonds is 40. The first kappa shape index (κ1) is 109. The van der Waals surface area contributed by atoms with E-state index in [1.54, 1.807) is 141 Å². The molecule has 0 unspecified atom stereocenters. The minimum atomic E-state index is -0.691. The zero-order valence-corrected chi connectivity index (χ0v) is 81.2. The first-order valence-corrected chi connectivity index (χ1v) is 45.3. The zero-order chi connectivity index (χ0) is 105. The number of para-hydroxylation sites is 1. The van der Waals surface area contributed by atoms with Crippen LogP contribution in [0.5, 0.6) is 23.1 Å². The molecule has 0 saturated carbocycles. The Kier molecular flexibility index (Phi) is 42.0. The number of aryl methyl sites for hydroxylation is 2. The van der Waals surface area contributed by atoms with Crippen molar-refractivity contribution in [3.63, 3.8) is 0 Å². The van der Waals surface area contributed by atoms with E-state index in [0.29, 0.717) is 126 Å². The fourth-order valence-electron chi connectivity index (χ4n) is 13.0. The van der Waals surface area contributed by atoms with Crippen molar-refractivity contribution in [3.05, 3.63) is 352 Å². The molecule has 15 rings (SSSR count). The minimum Gasteiger partial charge on any atom is -0.497 e. The van der Waals surface area contributed by atoms with Crippen LogP contribution in [0.1, 0.15) is 24.0 Å². The van der Waals surface area contributed by atoms with Crippen LogP contribution in [-0.2, 0) is 33.4 Å². The second-order valence-electron chi connectivity index (χ2n) is 31.6. The van der Waals surface area contributed by atoms with Gasteiger partial charge in [-0.1, -0.05) is 93.1 Å². The van der Waals surface area contributed by atoms with Crippen LogP contribution in [0.25, 0.3) is 0 Å². The number of halogens is 5. The summed E-state index contributed by atoms with van der Waals surface area (Å²) >= 11 is 0. The first-order chi connectivity index (χ1) is 71.1. The molecule has 9 aromatic carbocycles. The average Bonchev–Trinajstić information content (AvgIpc) is 0.835. The number of aromatic nitrogens is 10. The molecule has 36 nitrogen and oxygen atoms in total. The second-order valence-corrected chi connectivity index (χ2v) is 31.6. The molecule has 5 amide bonds. The number of hydrogen-bond acceptors (Lipinski definition) is 31. The van der Waals surface area contributed by atoms with Crippen LogP contribution in [0.3, 0.4) is 0 Å². The zero-order valence-electron chi connectivity index (χ0n) is 81.2. The monoisotopic (exact) mass is 2000 g/mol. The van der Waals surface area contributed by atoms with Crippen LogP contribution in [0, 0.1) is 42.9 Å². The van der Waals surface area contributed by atoms with Gasteiger partial charge in [0.2, 0.25) is 65.1 Å². The number of nitrogens with zero attached hydrogens (tertiary/aromatic N) is 12. The quantitative estimate of drug-likeness (QED) is 0.00963. The molecule has 0 spiro atoms. The van der Waals surface area contributed by atoms with Crippen LogP contribution in [0.15, 0.2) is 312 Å². The lowest BCUT2D eigenvalue weighted by Crippen LogP contribution is -2.43. The highest BCUT2D eigenvalue weighted by Crippen LogP contribution is 2.32. The van der Waals surface area contributed by atoms with Crippen molar-refractivity contribution in [2.75, 3.05) is 151 Å². The highest BCUT2D eigenvalue weighted by molar-refractivity contribution is 6.01. The normalized spacial score (nSPS) is 11.5. The molecule has 147 heavy (non-hydrogen) atoms. The van der Waals surface area contributed by atoms with Gasteiger partial charge in [0.25, 0.3) is 5.88 Å². The van der Waals surface area contributed by atoms with Crippen molar-refractivity contribution in [2.24, 2.45) is 0 Å². The third kappa shape index (κ3) is 36.8. The fraction of sp³-hybridized carbons (Fsp3) is 0.160. The average molecular weight is 2000 g/mol. The number of anilines is 22. The molecular weight excluding hydrogens is 1890 g/mol. The number of amides is 5. The summed E-state index contributed by atoms with van der Waals surface area (Å²) in [5.74, 6) is -1.29. The van der Waals surface area contributed by atoms with Gasteiger partial charge < -0.3 is 107 Å². The lowest BCUT2D eigenvalue weighted by atomic mass is 10.1. The summed E-state index contributed by atoms with van der Waals surface area (Å²) in [6.45, 7) is 20.8. The van der Waals surface area contributed by atoms with Crippen LogP contribution in [-0.4, -0.2) is 177 Å². The number of carbonyl (C=O) groups excluding carboxylic acids is 5. The van der Waals surface area contributed by atoms with Gasteiger partial charge in [0.05, 0.1) is 51.7 Å². The summed E-state index contributed by atoms with van der Waals surface area (Å²) in [6, 6.07) is 63.9. The molecule has 0 aliphatic carbocycles. The summed E-state index contributed by atoms with van der Waals surface area (Å²) < 4.78 is 102. The summed E-state index contributed by atoms with van der Waals surface area (Å²) in [6.07, 6.45) is 15.2. The number of carbonyl (C=O) groups is 5. The molecule has 14 aromatic rings. The molecule has 6 heterocycles. The van der Waals surface area contributed by atoms with Crippen molar-refractivity contribution >= 4 is 156 Å².